The summed E-state index contributed by atoms with van der Waals surface area (Å²) in [6.45, 7) is 3.28. The number of nitrogens with one attached hydrogen (secondary N) is 3. The Morgan fingerprint density at radius 3 is 2.06 bits per heavy atom. The molecule has 0 bridgehead atoms. The molecule has 36 heavy (non-hydrogen) atoms. The normalized spacial score (nSPS) is 13.4. The van der Waals surface area contributed by atoms with E-state index in [0.717, 1.165) is 16.9 Å². The van der Waals surface area contributed by atoms with Crippen LogP contribution in [0.5, 0.6) is 0 Å². The lowest BCUT2D eigenvalue weighted by Crippen LogP contribution is -2.50. The Morgan fingerprint density at radius 2 is 1.42 bits per heavy atom. The molecule has 0 spiro atoms. The molecule has 10 heteroatoms. The van der Waals surface area contributed by atoms with Crippen molar-refractivity contribution in [2.24, 2.45) is 0 Å². The maximum absolute atomic E-state index is 12.7. The zero-order chi connectivity index (χ0) is 25.5. The van der Waals surface area contributed by atoms with Crippen molar-refractivity contribution < 1.29 is 9.59 Å². The van der Waals surface area contributed by atoms with Gasteiger partial charge in [0.15, 0.2) is 0 Å². The summed E-state index contributed by atoms with van der Waals surface area (Å²) in [6.07, 6.45) is 0. The van der Waals surface area contributed by atoms with Gasteiger partial charge in [0.1, 0.15) is 0 Å². The fraction of sp³-hybridized carbons (Fsp3) is 0.231. The number of carbonyl (C=O) groups is 2. The number of piperazine rings is 1. The smallest absolute Gasteiger partial charge is 0.322 e. The zero-order valence-electron chi connectivity index (χ0n) is 19.4. The van der Waals surface area contributed by atoms with E-state index in [1.165, 1.54) is 0 Å². The van der Waals surface area contributed by atoms with Crippen LogP contribution in [0.1, 0.15) is 5.56 Å². The molecule has 3 aromatic carbocycles. The summed E-state index contributed by atoms with van der Waals surface area (Å²) in [4.78, 5) is 28.8. The second-order valence-electron chi connectivity index (χ2n) is 8.33. The van der Waals surface area contributed by atoms with Crippen LogP contribution in [-0.2, 0) is 11.3 Å². The average molecular weight is 547 g/mol. The number of benzene rings is 3. The minimum atomic E-state index is -0.229. The van der Waals surface area contributed by atoms with Gasteiger partial charge in [-0.05, 0) is 54.1 Å². The highest BCUT2D eigenvalue weighted by molar-refractivity contribution is 6.39. The molecule has 3 aromatic rings. The fourth-order valence-electron chi connectivity index (χ4n) is 3.85. The summed E-state index contributed by atoms with van der Waals surface area (Å²) in [7, 11) is 0. The molecule has 0 radical (unpaired) electrons. The summed E-state index contributed by atoms with van der Waals surface area (Å²) in [5.74, 6) is -0.116. The largest absolute Gasteiger partial charge is 0.368 e. The van der Waals surface area contributed by atoms with Gasteiger partial charge >= 0.3 is 6.03 Å². The Kier molecular flexibility index (Phi) is 8.93. The SMILES string of the molecule is O=C(CNCc1ccc(Cl)cc1)Nc1ccc(N2CCN(C(=O)Nc3c(Cl)cccc3Cl)CC2)cc1. The number of nitrogens with zero attached hydrogens (tertiary/aromatic N) is 2. The molecule has 1 saturated heterocycles. The van der Waals surface area contributed by atoms with E-state index in [9.17, 15) is 9.59 Å². The summed E-state index contributed by atoms with van der Waals surface area (Å²) in [6, 6.07) is 20.1. The third-order valence-electron chi connectivity index (χ3n) is 5.81. The van der Waals surface area contributed by atoms with E-state index in [4.69, 9.17) is 34.8 Å². The first-order chi connectivity index (χ1) is 17.4. The number of anilines is 3. The summed E-state index contributed by atoms with van der Waals surface area (Å²) in [5, 5.41) is 10.3. The number of amides is 3. The summed E-state index contributed by atoms with van der Waals surface area (Å²) in [5.41, 5.74) is 3.24. The van der Waals surface area contributed by atoms with E-state index >= 15 is 0 Å². The van der Waals surface area contributed by atoms with Gasteiger partial charge in [-0.1, -0.05) is 53.0 Å². The third kappa shape index (κ3) is 7.04. The molecule has 0 unspecified atom stereocenters. The van der Waals surface area contributed by atoms with Gasteiger partial charge in [0.25, 0.3) is 0 Å². The van der Waals surface area contributed by atoms with Gasteiger partial charge in [0.2, 0.25) is 5.91 Å². The van der Waals surface area contributed by atoms with Crippen LogP contribution in [0.15, 0.2) is 66.7 Å². The van der Waals surface area contributed by atoms with E-state index in [-0.39, 0.29) is 18.5 Å². The molecule has 1 aliphatic heterocycles. The van der Waals surface area contributed by atoms with Gasteiger partial charge < -0.3 is 25.8 Å². The van der Waals surface area contributed by atoms with E-state index in [1.54, 1.807) is 23.1 Å². The maximum atomic E-state index is 12.7. The van der Waals surface area contributed by atoms with E-state index in [2.05, 4.69) is 20.9 Å². The highest BCUT2D eigenvalue weighted by atomic mass is 35.5. The lowest BCUT2D eigenvalue weighted by atomic mass is 10.2. The van der Waals surface area contributed by atoms with Crippen molar-refractivity contribution in [3.8, 4) is 0 Å². The molecule has 7 nitrogen and oxygen atoms in total. The van der Waals surface area contributed by atoms with Crippen LogP contribution < -0.4 is 20.9 Å². The Bertz CT molecular complexity index is 1180. The number of para-hydroxylation sites is 1. The molecule has 0 atom stereocenters. The first-order valence-electron chi connectivity index (χ1n) is 11.5. The minimum Gasteiger partial charge on any atom is -0.368 e. The van der Waals surface area contributed by atoms with Crippen molar-refractivity contribution in [1.29, 1.82) is 0 Å². The predicted octanol–water partition coefficient (Wildman–Crippen LogP) is 5.73. The van der Waals surface area contributed by atoms with Crippen LogP contribution in [0.2, 0.25) is 15.1 Å². The second-order valence-corrected chi connectivity index (χ2v) is 9.58. The second kappa shape index (κ2) is 12.3. The maximum Gasteiger partial charge on any atom is 0.322 e. The van der Waals surface area contributed by atoms with E-state index < -0.39 is 0 Å². The van der Waals surface area contributed by atoms with E-state index in [0.29, 0.717) is 53.5 Å². The first-order valence-corrected chi connectivity index (χ1v) is 12.6. The topological polar surface area (TPSA) is 76.7 Å². The summed E-state index contributed by atoms with van der Waals surface area (Å²) >= 11 is 18.2. The lowest BCUT2D eigenvalue weighted by molar-refractivity contribution is -0.115. The van der Waals surface area contributed by atoms with Crippen LogP contribution in [0, 0.1) is 0 Å². The lowest BCUT2D eigenvalue weighted by Gasteiger charge is -2.36. The monoisotopic (exact) mass is 545 g/mol. The van der Waals surface area contributed by atoms with Crippen molar-refractivity contribution in [2.45, 2.75) is 6.54 Å². The van der Waals surface area contributed by atoms with Crippen molar-refractivity contribution >= 4 is 63.8 Å². The average Bonchev–Trinajstić information content (AvgIpc) is 2.88. The number of halogens is 3. The van der Waals surface area contributed by atoms with Gasteiger partial charge in [-0.15, -0.1) is 0 Å². The molecule has 4 rings (SSSR count). The van der Waals surface area contributed by atoms with Gasteiger partial charge in [0, 0.05) is 49.1 Å². The molecule has 0 aliphatic carbocycles. The molecule has 188 valence electrons. The molecule has 0 aromatic heterocycles. The Balaban J connectivity index is 1.21. The van der Waals surface area contributed by atoms with Crippen molar-refractivity contribution in [3.05, 3.63) is 87.4 Å². The summed E-state index contributed by atoms with van der Waals surface area (Å²) < 4.78 is 0. The standard InChI is InChI=1S/C26H26Cl3N5O2/c27-19-6-4-18(5-7-19)16-30-17-24(35)31-20-8-10-21(11-9-20)33-12-14-34(15-13-33)26(36)32-25-22(28)2-1-3-23(25)29/h1-11,30H,12-17H2,(H,31,35)(H,32,36). The number of urea groups is 1. The Hall–Kier alpha value is -2.97. The highest BCUT2D eigenvalue weighted by Crippen LogP contribution is 2.30. The van der Waals surface area contributed by atoms with Gasteiger partial charge in [-0.3, -0.25) is 4.79 Å². The third-order valence-corrected chi connectivity index (χ3v) is 6.69. The number of carbonyl (C=O) groups excluding carboxylic acids is 2. The quantitative estimate of drug-likeness (QED) is 0.354. The first kappa shape index (κ1) is 26.1. The molecule has 0 saturated carbocycles. The van der Waals surface area contributed by atoms with Crippen LogP contribution in [0.3, 0.4) is 0 Å². The Morgan fingerprint density at radius 1 is 0.778 bits per heavy atom. The zero-order valence-corrected chi connectivity index (χ0v) is 21.7. The number of rotatable bonds is 7. The van der Waals surface area contributed by atoms with Crippen LogP contribution >= 0.6 is 34.8 Å². The van der Waals surface area contributed by atoms with Gasteiger partial charge in [-0.2, -0.15) is 0 Å². The predicted molar refractivity (Wildman–Crippen MR) is 147 cm³/mol. The van der Waals surface area contributed by atoms with Crippen molar-refractivity contribution in [3.63, 3.8) is 0 Å². The van der Waals surface area contributed by atoms with Crippen molar-refractivity contribution in [1.82, 2.24) is 10.2 Å². The molecular weight excluding hydrogens is 521 g/mol. The number of hydrogen-bond donors (Lipinski definition) is 3. The Labute approximate surface area is 225 Å². The van der Waals surface area contributed by atoms with Crippen LogP contribution in [0.4, 0.5) is 21.9 Å². The minimum absolute atomic E-state index is 0.116. The molecule has 1 fully saturated rings. The van der Waals surface area contributed by atoms with Gasteiger partial charge in [-0.25, -0.2) is 4.79 Å². The number of hydrogen-bond acceptors (Lipinski definition) is 4. The molecular formula is C26H26Cl3N5O2. The molecule has 1 heterocycles. The van der Waals surface area contributed by atoms with E-state index in [1.807, 2.05) is 48.5 Å². The highest BCUT2D eigenvalue weighted by Gasteiger charge is 2.22. The van der Waals surface area contributed by atoms with Crippen LogP contribution in [-0.4, -0.2) is 49.6 Å². The molecule has 1 aliphatic rings. The molecule has 3 N–H and O–H groups in total. The molecule has 3 amide bonds. The fourth-order valence-corrected chi connectivity index (χ4v) is 4.47. The van der Waals surface area contributed by atoms with Crippen molar-refractivity contribution in [2.75, 3.05) is 48.3 Å². The van der Waals surface area contributed by atoms with Gasteiger partial charge in [0.05, 0.1) is 22.3 Å². The van der Waals surface area contributed by atoms with Crippen LogP contribution in [0.25, 0.3) is 0 Å².